The van der Waals surface area contributed by atoms with Gasteiger partial charge in [-0.3, -0.25) is 4.79 Å². The lowest BCUT2D eigenvalue weighted by Crippen LogP contribution is -2.70. The molecule has 4 heteroatoms. The fraction of sp³-hybridized carbons (Fsp3) is 0.950. The van der Waals surface area contributed by atoms with Crippen LogP contribution in [0.15, 0.2) is 0 Å². The summed E-state index contributed by atoms with van der Waals surface area (Å²) in [5, 5.41) is 32.8. The molecular formula is C20H32O4. The fourth-order valence-electron chi connectivity index (χ4n) is 7.80. The Labute approximate surface area is 144 Å². The quantitative estimate of drug-likeness (QED) is 0.686. The van der Waals surface area contributed by atoms with E-state index in [4.69, 9.17) is 0 Å². The van der Waals surface area contributed by atoms with Crippen LogP contribution in [0.5, 0.6) is 0 Å². The Kier molecular flexibility index (Phi) is 3.20. The zero-order valence-corrected chi connectivity index (χ0v) is 15.3. The maximum atomic E-state index is 12.1. The molecule has 4 nitrogen and oxygen atoms in total. The van der Waals surface area contributed by atoms with Crippen molar-refractivity contribution in [3.8, 4) is 0 Å². The number of hydrogen-bond acceptors (Lipinski definition) is 3. The zero-order chi connectivity index (χ0) is 17.6. The molecule has 0 saturated heterocycles. The molecule has 24 heavy (non-hydrogen) atoms. The molecule has 4 aliphatic carbocycles. The van der Waals surface area contributed by atoms with Crippen LogP contribution in [0.4, 0.5) is 0 Å². The first-order valence-electron chi connectivity index (χ1n) is 9.67. The highest BCUT2D eigenvalue weighted by Crippen LogP contribution is 2.75. The molecule has 0 aromatic carbocycles. The Morgan fingerprint density at radius 1 is 1.04 bits per heavy atom. The number of carboxylic acids is 1. The molecule has 0 amide bonds. The minimum absolute atomic E-state index is 0.0102. The average molecular weight is 336 g/mol. The number of rotatable bonds is 1. The van der Waals surface area contributed by atoms with Crippen LogP contribution in [-0.4, -0.2) is 33.0 Å². The molecular weight excluding hydrogens is 304 g/mol. The van der Waals surface area contributed by atoms with Gasteiger partial charge in [0.2, 0.25) is 0 Å². The number of fused-ring (bicyclic) bond motifs is 3. The maximum Gasteiger partial charge on any atom is 0.309 e. The van der Waals surface area contributed by atoms with Crippen LogP contribution in [0.25, 0.3) is 0 Å². The molecule has 0 aliphatic heterocycles. The summed E-state index contributed by atoms with van der Waals surface area (Å²) in [6.07, 6.45) is 7.03. The van der Waals surface area contributed by atoms with Crippen LogP contribution >= 0.6 is 0 Å². The summed E-state index contributed by atoms with van der Waals surface area (Å²) in [6, 6.07) is 0. The van der Waals surface area contributed by atoms with Gasteiger partial charge in [0, 0.05) is 17.3 Å². The van der Waals surface area contributed by atoms with E-state index in [1.54, 1.807) is 0 Å². The van der Waals surface area contributed by atoms with E-state index < -0.39 is 28.5 Å². The topological polar surface area (TPSA) is 77.8 Å². The normalized spacial score (nSPS) is 59.5. The highest BCUT2D eigenvalue weighted by molar-refractivity contribution is 5.75. The summed E-state index contributed by atoms with van der Waals surface area (Å²) in [5.41, 5.74) is -2.30. The molecule has 4 aliphatic rings. The fourth-order valence-corrected chi connectivity index (χ4v) is 7.80. The molecule has 7 atom stereocenters. The molecule has 4 fully saturated rings. The summed E-state index contributed by atoms with van der Waals surface area (Å²) >= 11 is 0. The van der Waals surface area contributed by atoms with Crippen molar-refractivity contribution >= 4 is 5.97 Å². The molecule has 1 spiro atoms. The zero-order valence-electron chi connectivity index (χ0n) is 15.3. The first-order valence-corrected chi connectivity index (χ1v) is 9.67. The molecule has 2 bridgehead atoms. The second-order valence-corrected chi connectivity index (χ2v) is 10.3. The monoisotopic (exact) mass is 336 g/mol. The number of aliphatic hydroxyl groups excluding tert-OH is 1. The predicted molar refractivity (Wildman–Crippen MR) is 90.4 cm³/mol. The van der Waals surface area contributed by atoms with Crippen molar-refractivity contribution in [2.24, 2.45) is 27.6 Å². The SMILES string of the molecule is C[C@]12CC[C@@]3(CC[C@@H]4[C@](C)(C(=O)O)CCC[C@@]4(C)[C@]3(O)C[C@@H]1O)C2. The minimum Gasteiger partial charge on any atom is -0.481 e. The molecule has 0 radical (unpaired) electrons. The minimum atomic E-state index is -0.935. The Balaban J connectivity index is 1.83. The number of hydrogen-bond donors (Lipinski definition) is 3. The van der Waals surface area contributed by atoms with Gasteiger partial charge in [-0.25, -0.2) is 0 Å². The van der Waals surface area contributed by atoms with E-state index in [0.717, 1.165) is 44.9 Å². The van der Waals surface area contributed by atoms with E-state index >= 15 is 0 Å². The molecule has 136 valence electrons. The maximum absolute atomic E-state index is 12.1. The van der Waals surface area contributed by atoms with Gasteiger partial charge in [0.25, 0.3) is 0 Å². The van der Waals surface area contributed by atoms with Crippen molar-refractivity contribution in [2.45, 2.75) is 90.3 Å². The summed E-state index contributed by atoms with van der Waals surface area (Å²) in [6.45, 7) is 6.19. The van der Waals surface area contributed by atoms with Gasteiger partial charge in [0.1, 0.15) is 0 Å². The Morgan fingerprint density at radius 2 is 1.75 bits per heavy atom. The standard InChI is InChI=1S/C20H32O4/c1-16-9-10-19(12-16)8-5-13-17(2,15(22)23)6-4-7-18(13,3)20(19,24)11-14(16)21/h13-14,21,24H,4-12H2,1-3H3,(H,22,23)/t13-,14+,16-,17-,18-,19+,20-/m1/s1. The van der Waals surface area contributed by atoms with E-state index in [9.17, 15) is 20.1 Å². The van der Waals surface area contributed by atoms with Crippen molar-refractivity contribution in [3.05, 3.63) is 0 Å². The predicted octanol–water partition coefficient (Wildman–Crippen LogP) is 3.35. The molecule has 4 rings (SSSR count). The molecule has 0 aromatic heterocycles. The highest BCUT2D eigenvalue weighted by Gasteiger charge is 2.74. The summed E-state index contributed by atoms with van der Waals surface area (Å²) in [7, 11) is 0. The van der Waals surface area contributed by atoms with Crippen molar-refractivity contribution in [2.75, 3.05) is 0 Å². The third kappa shape index (κ3) is 1.65. The Morgan fingerprint density at radius 3 is 2.42 bits per heavy atom. The number of carbonyl (C=O) groups is 1. The van der Waals surface area contributed by atoms with Crippen molar-refractivity contribution < 1.29 is 20.1 Å². The molecule has 0 unspecified atom stereocenters. The first-order chi connectivity index (χ1) is 11.0. The molecule has 3 N–H and O–H groups in total. The third-order valence-electron chi connectivity index (χ3n) is 9.36. The summed E-state index contributed by atoms with van der Waals surface area (Å²) in [5.74, 6) is -0.727. The van der Waals surface area contributed by atoms with Crippen LogP contribution in [0.1, 0.15) is 78.6 Å². The number of carboxylic acid groups (broad SMARTS) is 1. The Hall–Kier alpha value is -0.610. The van der Waals surface area contributed by atoms with Crippen LogP contribution in [0.2, 0.25) is 0 Å². The summed E-state index contributed by atoms with van der Waals surface area (Å²) in [4.78, 5) is 12.1. The van der Waals surface area contributed by atoms with E-state index in [-0.39, 0.29) is 16.7 Å². The van der Waals surface area contributed by atoms with Gasteiger partial charge >= 0.3 is 5.97 Å². The molecule has 4 saturated carbocycles. The van der Waals surface area contributed by atoms with Gasteiger partial charge < -0.3 is 15.3 Å². The highest BCUT2D eigenvalue weighted by atomic mass is 16.4. The van der Waals surface area contributed by atoms with E-state index in [1.807, 2.05) is 6.92 Å². The van der Waals surface area contributed by atoms with Gasteiger partial charge in [-0.2, -0.15) is 0 Å². The lowest BCUT2D eigenvalue weighted by molar-refractivity contribution is -0.279. The molecule has 0 aromatic rings. The van der Waals surface area contributed by atoms with Crippen LogP contribution in [-0.2, 0) is 4.79 Å². The lowest BCUT2D eigenvalue weighted by atomic mass is 9.38. The third-order valence-corrected chi connectivity index (χ3v) is 9.36. The number of aliphatic hydroxyl groups is 2. The van der Waals surface area contributed by atoms with Gasteiger partial charge in [0.15, 0.2) is 0 Å². The largest absolute Gasteiger partial charge is 0.481 e. The van der Waals surface area contributed by atoms with Crippen molar-refractivity contribution in [3.63, 3.8) is 0 Å². The number of aliphatic carboxylic acids is 1. The second-order valence-electron chi connectivity index (χ2n) is 10.3. The summed E-state index contributed by atoms with van der Waals surface area (Å²) < 4.78 is 0. The lowest BCUT2D eigenvalue weighted by Gasteiger charge is -2.68. The first kappa shape index (κ1) is 16.8. The van der Waals surface area contributed by atoms with Crippen LogP contribution in [0.3, 0.4) is 0 Å². The van der Waals surface area contributed by atoms with Crippen LogP contribution in [0, 0.1) is 27.6 Å². The van der Waals surface area contributed by atoms with E-state index in [2.05, 4.69) is 13.8 Å². The van der Waals surface area contributed by atoms with Gasteiger partial charge in [0.05, 0.1) is 17.1 Å². The van der Waals surface area contributed by atoms with E-state index in [1.165, 1.54) is 0 Å². The Bertz CT molecular complexity index is 590. The van der Waals surface area contributed by atoms with Crippen molar-refractivity contribution in [1.29, 1.82) is 0 Å². The van der Waals surface area contributed by atoms with Gasteiger partial charge in [-0.05, 0) is 63.2 Å². The van der Waals surface area contributed by atoms with Gasteiger partial charge in [-0.15, -0.1) is 0 Å². The second kappa shape index (κ2) is 4.56. The smallest absolute Gasteiger partial charge is 0.309 e. The van der Waals surface area contributed by atoms with Crippen LogP contribution < -0.4 is 0 Å². The average Bonchev–Trinajstić information content (AvgIpc) is 2.81. The van der Waals surface area contributed by atoms with Gasteiger partial charge in [-0.1, -0.05) is 20.3 Å². The van der Waals surface area contributed by atoms with Crippen molar-refractivity contribution in [1.82, 2.24) is 0 Å². The molecule has 0 heterocycles. The van der Waals surface area contributed by atoms with E-state index in [0.29, 0.717) is 12.8 Å².